The van der Waals surface area contributed by atoms with Crippen LogP contribution in [0, 0.1) is 0 Å². The average Bonchev–Trinajstić information content (AvgIpc) is 2.65. The number of para-hydroxylation sites is 1. The van der Waals surface area contributed by atoms with E-state index < -0.39 is 0 Å². The van der Waals surface area contributed by atoms with Crippen LogP contribution in [0.15, 0.2) is 54.6 Å². The molecule has 0 aliphatic rings. The van der Waals surface area contributed by atoms with Gasteiger partial charge < -0.3 is 20.3 Å². The van der Waals surface area contributed by atoms with Gasteiger partial charge in [-0.3, -0.25) is 9.59 Å². The predicted molar refractivity (Wildman–Crippen MR) is 106 cm³/mol. The molecule has 2 aromatic rings. The first-order valence-corrected chi connectivity index (χ1v) is 8.13. The monoisotopic (exact) mass is 377 g/mol. The Morgan fingerprint density at radius 2 is 1.73 bits per heavy atom. The summed E-state index contributed by atoms with van der Waals surface area (Å²) in [5, 5.41) is 5.83. The minimum Gasteiger partial charge on any atom is -0.497 e. The molecule has 0 aliphatic heterocycles. The fourth-order valence-electron chi connectivity index (χ4n) is 2.30. The fourth-order valence-corrected chi connectivity index (χ4v) is 2.30. The minimum atomic E-state index is -0.247. The van der Waals surface area contributed by atoms with E-state index in [1.165, 1.54) is 4.90 Å². The molecule has 2 aromatic carbocycles. The van der Waals surface area contributed by atoms with Crippen molar-refractivity contribution in [1.82, 2.24) is 4.90 Å². The first-order chi connectivity index (χ1) is 12.1. The largest absolute Gasteiger partial charge is 0.497 e. The molecule has 7 heteroatoms. The lowest BCUT2D eigenvalue weighted by atomic mass is 10.3. The maximum atomic E-state index is 12.3. The second kappa shape index (κ2) is 11.0. The van der Waals surface area contributed by atoms with Gasteiger partial charge in [0.25, 0.3) is 0 Å². The lowest BCUT2D eigenvalue weighted by Crippen LogP contribution is -2.40. The van der Waals surface area contributed by atoms with E-state index >= 15 is 0 Å². The molecule has 0 fully saturated rings. The molecule has 0 atom stereocenters. The van der Waals surface area contributed by atoms with Crippen molar-refractivity contribution in [3.8, 4) is 5.75 Å². The summed E-state index contributed by atoms with van der Waals surface area (Å²) < 4.78 is 5.13. The zero-order valence-electron chi connectivity index (χ0n) is 14.9. The number of nitrogens with one attached hydrogen (secondary N) is 2. The van der Waals surface area contributed by atoms with Gasteiger partial charge in [0.2, 0.25) is 11.8 Å². The normalized spacial score (nSPS) is 9.62. The Kier molecular flexibility index (Phi) is 9.01. The van der Waals surface area contributed by atoms with Crippen molar-refractivity contribution in [1.29, 1.82) is 0 Å². The Bertz CT molecular complexity index is 710. The average molecular weight is 378 g/mol. The number of hydrogen-bond acceptors (Lipinski definition) is 4. The van der Waals surface area contributed by atoms with Crippen LogP contribution < -0.4 is 15.4 Å². The summed E-state index contributed by atoms with van der Waals surface area (Å²) in [6.07, 6.45) is 0. The second-order valence-electron chi connectivity index (χ2n) is 5.41. The van der Waals surface area contributed by atoms with Gasteiger partial charge in [-0.2, -0.15) is 0 Å². The zero-order valence-corrected chi connectivity index (χ0v) is 15.7. The van der Waals surface area contributed by atoms with E-state index in [2.05, 4.69) is 10.6 Å². The number of ether oxygens (including phenoxy) is 1. The number of carbonyl (C=O) groups excluding carboxylic acids is 2. The molecule has 0 aromatic heterocycles. The molecule has 140 valence electrons. The molecule has 2 N–H and O–H groups in total. The van der Waals surface area contributed by atoms with Crippen LogP contribution in [0.2, 0.25) is 0 Å². The first kappa shape index (κ1) is 21.3. The van der Waals surface area contributed by atoms with Crippen LogP contribution in [0.1, 0.15) is 6.92 Å². The maximum Gasteiger partial charge on any atom is 0.243 e. The van der Waals surface area contributed by atoms with Gasteiger partial charge >= 0.3 is 0 Å². The first-order valence-electron chi connectivity index (χ1n) is 8.13. The molecule has 0 unspecified atom stereocenters. The van der Waals surface area contributed by atoms with Crippen molar-refractivity contribution in [3.63, 3.8) is 0 Å². The van der Waals surface area contributed by atoms with Gasteiger partial charge in [0.1, 0.15) is 5.75 Å². The number of nitrogens with zero attached hydrogens (tertiary/aromatic N) is 1. The van der Waals surface area contributed by atoms with Gasteiger partial charge in [-0.1, -0.05) is 24.3 Å². The van der Waals surface area contributed by atoms with Crippen LogP contribution in [0.4, 0.5) is 11.4 Å². The van der Waals surface area contributed by atoms with Crippen molar-refractivity contribution in [2.75, 3.05) is 37.4 Å². The number of methoxy groups -OCH3 is 1. The quantitative estimate of drug-likeness (QED) is 0.741. The summed E-state index contributed by atoms with van der Waals surface area (Å²) >= 11 is 0. The summed E-state index contributed by atoms with van der Waals surface area (Å²) in [7, 11) is 1.57. The molecule has 2 amide bonds. The highest BCUT2D eigenvalue weighted by atomic mass is 35.5. The zero-order chi connectivity index (χ0) is 18.1. The standard InChI is InChI=1S/C19H23N3O3.ClH/c1-3-22(19(24)13-20-15-8-5-4-6-9-15)14-18(23)21-16-10-7-11-17(12-16)25-2;/h4-12,20H,3,13-14H2,1-2H3,(H,21,23);1H. The molecule has 0 saturated heterocycles. The van der Waals surface area contributed by atoms with Gasteiger partial charge in [0.15, 0.2) is 0 Å². The van der Waals surface area contributed by atoms with Crippen molar-refractivity contribution >= 4 is 35.6 Å². The number of amides is 2. The molecular formula is C19H24ClN3O3. The number of likely N-dealkylation sites (N-methyl/N-ethyl adjacent to an activating group) is 1. The Labute approximate surface area is 159 Å². The summed E-state index contributed by atoms with van der Waals surface area (Å²) in [5.41, 5.74) is 1.50. The summed E-state index contributed by atoms with van der Waals surface area (Å²) in [6.45, 7) is 2.45. The third-order valence-electron chi connectivity index (χ3n) is 3.64. The Balaban J connectivity index is 0.00000338. The van der Waals surface area contributed by atoms with Crippen LogP contribution in [-0.4, -0.2) is 43.5 Å². The molecule has 0 heterocycles. The Morgan fingerprint density at radius 1 is 1.04 bits per heavy atom. The number of anilines is 2. The van der Waals surface area contributed by atoms with E-state index in [-0.39, 0.29) is 37.3 Å². The van der Waals surface area contributed by atoms with Gasteiger partial charge in [-0.25, -0.2) is 0 Å². The summed E-state index contributed by atoms with van der Waals surface area (Å²) in [4.78, 5) is 26.0. The number of rotatable bonds is 8. The maximum absolute atomic E-state index is 12.3. The highest BCUT2D eigenvalue weighted by Crippen LogP contribution is 2.16. The molecule has 0 spiro atoms. The van der Waals surface area contributed by atoms with Crippen molar-refractivity contribution in [3.05, 3.63) is 54.6 Å². The lowest BCUT2D eigenvalue weighted by molar-refractivity contribution is -0.132. The lowest BCUT2D eigenvalue weighted by Gasteiger charge is -2.21. The molecular weight excluding hydrogens is 354 g/mol. The number of halogens is 1. The van der Waals surface area contributed by atoms with Crippen LogP contribution in [-0.2, 0) is 9.59 Å². The minimum absolute atomic E-state index is 0. The fraction of sp³-hybridized carbons (Fsp3) is 0.263. The van der Waals surface area contributed by atoms with Crippen LogP contribution in [0.5, 0.6) is 5.75 Å². The number of benzene rings is 2. The molecule has 0 aliphatic carbocycles. The molecule has 2 rings (SSSR count). The molecule has 0 radical (unpaired) electrons. The summed E-state index contributed by atoms with van der Waals surface area (Å²) in [5.74, 6) is 0.281. The number of carbonyl (C=O) groups is 2. The molecule has 6 nitrogen and oxygen atoms in total. The Morgan fingerprint density at radius 3 is 2.38 bits per heavy atom. The van der Waals surface area contributed by atoms with Gasteiger partial charge in [0, 0.05) is 24.0 Å². The third kappa shape index (κ3) is 6.64. The van der Waals surface area contributed by atoms with E-state index in [0.29, 0.717) is 18.0 Å². The van der Waals surface area contributed by atoms with Crippen molar-refractivity contribution in [2.24, 2.45) is 0 Å². The second-order valence-corrected chi connectivity index (χ2v) is 5.41. The predicted octanol–water partition coefficient (Wildman–Crippen LogP) is 3.02. The van der Waals surface area contributed by atoms with Gasteiger partial charge in [-0.15, -0.1) is 12.4 Å². The van der Waals surface area contributed by atoms with Crippen molar-refractivity contribution in [2.45, 2.75) is 6.92 Å². The highest BCUT2D eigenvalue weighted by molar-refractivity contribution is 5.95. The van der Waals surface area contributed by atoms with E-state index in [1.807, 2.05) is 37.3 Å². The Hall–Kier alpha value is -2.73. The molecule has 26 heavy (non-hydrogen) atoms. The highest BCUT2D eigenvalue weighted by Gasteiger charge is 2.15. The van der Waals surface area contributed by atoms with Crippen molar-refractivity contribution < 1.29 is 14.3 Å². The van der Waals surface area contributed by atoms with E-state index in [9.17, 15) is 9.59 Å². The van der Waals surface area contributed by atoms with E-state index in [4.69, 9.17) is 4.74 Å². The summed E-state index contributed by atoms with van der Waals surface area (Å²) in [6, 6.07) is 16.6. The van der Waals surface area contributed by atoms with Crippen LogP contribution >= 0.6 is 12.4 Å². The van der Waals surface area contributed by atoms with Gasteiger partial charge in [-0.05, 0) is 31.2 Å². The van der Waals surface area contributed by atoms with Crippen LogP contribution in [0.3, 0.4) is 0 Å². The SMILES string of the molecule is CCN(CC(=O)Nc1cccc(OC)c1)C(=O)CNc1ccccc1.Cl. The van der Waals surface area contributed by atoms with Gasteiger partial charge in [0.05, 0.1) is 20.2 Å². The molecule has 0 saturated carbocycles. The smallest absolute Gasteiger partial charge is 0.243 e. The van der Waals surface area contributed by atoms with E-state index in [1.54, 1.807) is 31.4 Å². The molecule has 0 bridgehead atoms. The topological polar surface area (TPSA) is 70.7 Å². The van der Waals surface area contributed by atoms with Crippen LogP contribution in [0.25, 0.3) is 0 Å². The van der Waals surface area contributed by atoms with E-state index in [0.717, 1.165) is 5.69 Å². The number of hydrogen-bond donors (Lipinski definition) is 2. The third-order valence-corrected chi connectivity index (χ3v) is 3.64.